The van der Waals surface area contributed by atoms with E-state index in [2.05, 4.69) is 27.9 Å². The number of amides is 1. The number of hydrogen-bond donors (Lipinski definition) is 2. The van der Waals surface area contributed by atoms with Gasteiger partial charge in [-0.25, -0.2) is 4.79 Å². The number of hydrogen-bond acceptors (Lipinski definition) is 2. The minimum absolute atomic E-state index is 0.109. The molecule has 1 amide bonds. The Hall–Kier alpha value is -1.16. The predicted octanol–water partition coefficient (Wildman–Crippen LogP) is 4.73. The van der Waals surface area contributed by atoms with Gasteiger partial charge in [-0.15, -0.1) is 0 Å². The Balaban J connectivity index is 2.35. The molecule has 23 heavy (non-hydrogen) atoms. The van der Waals surface area contributed by atoms with Gasteiger partial charge in [0.2, 0.25) is 5.91 Å². The fraction of sp³-hybridized carbons (Fsp3) is 0.176. The van der Waals surface area contributed by atoms with Crippen molar-refractivity contribution in [2.75, 3.05) is 5.32 Å². The number of rotatable bonds is 5. The molecule has 1 unspecified atom stereocenters. The number of halogens is 2. The molecule has 0 spiro atoms. The molecule has 0 heterocycles. The fourth-order valence-electron chi connectivity index (χ4n) is 2.34. The number of benzene rings is 2. The van der Waals surface area contributed by atoms with E-state index < -0.39 is 5.97 Å². The van der Waals surface area contributed by atoms with Crippen LogP contribution in [-0.2, 0) is 4.79 Å². The van der Waals surface area contributed by atoms with Crippen molar-refractivity contribution < 1.29 is 14.7 Å². The van der Waals surface area contributed by atoms with Gasteiger partial charge < -0.3 is 10.4 Å². The number of carbonyl (C=O) groups is 2. The summed E-state index contributed by atoms with van der Waals surface area (Å²) in [6.07, 6.45) is 0.638. The van der Waals surface area contributed by atoms with E-state index in [1.807, 2.05) is 65.9 Å². The number of carbonyl (C=O) groups excluding carboxylic acids is 1. The first kappa shape index (κ1) is 18.2. The van der Waals surface area contributed by atoms with Gasteiger partial charge in [0.05, 0.1) is 17.2 Å². The standard InChI is InChI=1S/C17H15I2NO3/c1-2-12(10-6-4-3-5-7-10)16(21)20-15-13(17(22)23)8-11(18)9-14(15)19/h3-9,12H,2H2,1H3,(H,20,21)(H,22,23). The molecular weight excluding hydrogens is 520 g/mol. The Morgan fingerprint density at radius 2 is 1.83 bits per heavy atom. The summed E-state index contributed by atoms with van der Waals surface area (Å²) in [5.74, 6) is -1.56. The first-order chi connectivity index (χ1) is 10.9. The first-order valence-electron chi connectivity index (χ1n) is 7.02. The van der Waals surface area contributed by atoms with Crippen LogP contribution in [0.4, 0.5) is 5.69 Å². The minimum Gasteiger partial charge on any atom is -0.478 e. The van der Waals surface area contributed by atoms with Crippen molar-refractivity contribution >= 4 is 62.7 Å². The molecule has 2 aromatic rings. The van der Waals surface area contributed by atoms with Crippen LogP contribution in [0.15, 0.2) is 42.5 Å². The molecule has 0 aliphatic heterocycles. The second kappa shape index (κ2) is 8.09. The predicted molar refractivity (Wildman–Crippen MR) is 107 cm³/mol. The largest absolute Gasteiger partial charge is 0.478 e. The van der Waals surface area contributed by atoms with Gasteiger partial charge in [0.15, 0.2) is 0 Å². The topological polar surface area (TPSA) is 66.4 Å². The molecule has 120 valence electrons. The maximum Gasteiger partial charge on any atom is 0.337 e. The first-order valence-corrected chi connectivity index (χ1v) is 9.18. The second-order valence-corrected chi connectivity index (χ2v) is 7.38. The number of anilines is 1. The van der Waals surface area contributed by atoms with Gasteiger partial charge in [0.1, 0.15) is 0 Å². The van der Waals surface area contributed by atoms with Crippen molar-refractivity contribution in [3.05, 3.63) is 60.7 Å². The van der Waals surface area contributed by atoms with Crippen LogP contribution >= 0.6 is 45.2 Å². The quantitative estimate of drug-likeness (QED) is 0.545. The van der Waals surface area contributed by atoms with Crippen LogP contribution in [0.25, 0.3) is 0 Å². The van der Waals surface area contributed by atoms with E-state index in [1.165, 1.54) is 0 Å². The molecule has 1 atom stereocenters. The molecular formula is C17H15I2NO3. The molecule has 2 aromatic carbocycles. The van der Waals surface area contributed by atoms with Crippen LogP contribution in [0, 0.1) is 7.14 Å². The van der Waals surface area contributed by atoms with Crippen molar-refractivity contribution in [2.45, 2.75) is 19.3 Å². The Morgan fingerprint density at radius 3 is 2.39 bits per heavy atom. The number of carboxylic acid groups (broad SMARTS) is 1. The summed E-state index contributed by atoms with van der Waals surface area (Å²) >= 11 is 4.11. The SMILES string of the molecule is CCC(C(=O)Nc1c(I)cc(I)cc1C(=O)O)c1ccccc1. The van der Waals surface area contributed by atoms with E-state index in [1.54, 1.807) is 6.07 Å². The lowest BCUT2D eigenvalue weighted by Gasteiger charge is -2.17. The van der Waals surface area contributed by atoms with E-state index in [-0.39, 0.29) is 17.4 Å². The third-order valence-electron chi connectivity index (χ3n) is 3.46. The lowest BCUT2D eigenvalue weighted by molar-refractivity contribution is -0.117. The monoisotopic (exact) mass is 535 g/mol. The lowest BCUT2D eigenvalue weighted by atomic mass is 9.95. The molecule has 0 aliphatic rings. The molecule has 0 saturated carbocycles. The van der Waals surface area contributed by atoms with Crippen molar-refractivity contribution in [2.24, 2.45) is 0 Å². The highest BCUT2D eigenvalue weighted by atomic mass is 127. The van der Waals surface area contributed by atoms with Gasteiger partial charge in [-0.1, -0.05) is 37.3 Å². The summed E-state index contributed by atoms with van der Waals surface area (Å²) in [5, 5.41) is 12.2. The summed E-state index contributed by atoms with van der Waals surface area (Å²) < 4.78 is 1.53. The summed E-state index contributed by atoms with van der Waals surface area (Å²) in [7, 11) is 0. The van der Waals surface area contributed by atoms with E-state index in [0.29, 0.717) is 15.7 Å². The molecule has 0 radical (unpaired) electrons. The van der Waals surface area contributed by atoms with Crippen molar-refractivity contribution in [3.63, 3.8) is 0 Å². The number of nitrogens with one attached hydrogen (secondary N) is 1. The highest BCUT2D eigenvalue weighted by molar-refractivity contribution is 14.1. The van der Waals surface area contributed by atoms with Crippen LogP contribution in [0.3, 0.4) is 0 Å². The summed E-state index contributed by atoms with van der Waals surface area (Å²) in [5.41, 5.74) is 1.39. The molecule has 0 saturated heterocycles. The van der Waals surface area contributed by atoms with Gasteiger partial charge in [-0.2, -0.15) is 0 Å². The van der Waals surface area contributed by atoms with Crippen LogP contribution in [0.1, 0.15) is 35.2 Å². The average molecular weight is 535 g/mol. The van der Waals surface area contributed by atoms with Crippen molar-refractivity contribution in [1.29, 1.82) is 0 Å². The molecule has 0 bridgehead atoms. The summed E-state index contributed by atoms with van der Waals surface area (Å²) in [6, 6.07) is 12.9. The highest BCUT2D eigenvalue weighted by Gasteiger charge is 2.22. The molecule has 0 aliphatic carbocycles. The summed E-state index contributed by atoms with van der Waals surface area (Å²) in [6.45, 7) is 1.94. The van der Waals surface area contributed by atoms with Gasteiger partial charge >= 0.3 is 5.97 Å². The smallest absolute Gasteiger partial charge is 0.337 e. The van der Waals surface area contributed by atoms with E-state index in [9.17, 15) is 14.7 Å². The van der Waals surface area contributed by atoms with E-state index in [0.717, 1.165) is 9.13 Å². The Bertz CT molecular complexity index is 732. The second-order valence-electron chi connectivity index (χ2n) is 4.98. The number of aromatic carboxylic acids is 1. The van der Waals surface area contributed by atoms with E-state index in [4.69, 9.17) is 0 Å². The zero-order valence-corrected chi connectivity index (χ0v) is 16.7. The molecule has 2 N–H and O–H groups in total. The maximum atomic E-state index is 12.6. The van der Waals surface area contributed by atoms with Gasteiger partial charge in [-0.3, -0.25) is 4.79 Å². The van der Waals surface area contributed by atoms with Crippen LogP contribution < -0.4 is 5.32 Å². The zero-order valence-electron chi connectivity index (χ0n) is 12.3. The molecule has 0 aromatic heterocycles. The zero-order chi connectivity index (χ0) is 17.0. The normalized spacial score (nSPS) is 11.8. The van der Waals surface area contributed by atoms with Gasteiger partial charge in [-0.05, 0) is 69.3 Å². The van der Waals surface area contributed by atoms with Crippen LogP contribution in [0.5, 0.6) is 0 Å². The Morgan fingerprint density at radius 1 is 1.17 bits per heavy atom. The molecule has 6 heteroatoms. The third-order valence-corrected chi connectivity index (χ3v) is 4.93. The fourth-order valence-corrected chi connectivity index (χ4v) is 4.32. The van der Waals surface area contributed by atoms with Crippen molar-refractivity contribution in [3.8, 4) is 0 Å². The summed E-state index contributed by atoms with van der Waals surface area (Å²) in [4.78, 5) is 24.1. The minimum atomic E-state index is -1.05. The Labute approximate surface area is 162 Å². The number of carboxylic acids is 1. The third kappa shape index (κ3) is 4.43. The highest BCUT2D eigenvalue weighted by Crippen LogP contribution is 2.28. The average Bonchev–Trinajstić information content (AvgIpc) is 2.51. The molecule has 4 nitrogen and oxygen atoms in total. The molecule has 0 fully saturated rings. The Kier molecular flexibility index (Phi) is 6.40. The van der Waals surface area contributed by atoms with Crippen molar-refractivity contribution in [1.82, 2.24) is 0 Å². The maximum absolute atomic E-state index is 12.6. The molecule has 2 rings (SSSR count). The lowest BCUT2D eigenvalue weighted by Crippen LogP contribution is -2.22. The van der Waals surface area contributed by atoms with Crippen LogP contribution in [0.2, 0.25) is 0 Å². The van der Waals surface area contributed by atoms with E-state index >= 15 is 0 Å². The van der Waals surface area contributed by atoms with Gasteiger partial charge in [0, 0.05) is 7.14 Å². The van der Waals surface area contributed by atoms with Crippen LogP contribution in [-0.4, -0.2) is 17.0 Å². The van der Waals surface area contributed by atoms with Gasteiger partial charge in [0.25, 0.3) is 0 Å².